The van der Waals surface area contributed by atoms with Crippen LogP contribution in [-0.2, 0) is 13.1 Å². The van der Waals surface area contributed by atoms with Gasteiger partial charge in [0.25, 0.3) is 0 Å². The highest BCUT2D eigenvalue weighted by molar-refractivity contribution is 7.09. The van der Waals surface area contributed by atoms with Crippen LogP contribution in [0.1, 0.15) is 28.4 Å². The molecule has 0 unspecified atom stereocenters. The lowest BCUT2D eigenvalue weighted by Crippen LogP contribution is -2.41. The van der Waals surface area contributed by atoms with Gasteiger partial charge in [-0.3, -0.25) is 9.80 Å². The summed E-state index contributed by atoms with van der Waals surface area (Å²) in [7, 11) is 0. The summed E-state index contributed by atoms with van der Waals surface area (Å²) < 4.78 is 5.30. The van der Waals surface area contributed by atoms with Crippen molar-refractivity contribution in [2.75, 3.05) is 19.6 Å². The number of thiazole rings is 1. The van der Waals surface area contributed by atoms with Crippen molar-refractivity contribution in [3.63, 3.8) is 0 Å². The zero-order chi connectivity index (χ0) is 15.1. The monoisotopic (exact) mass is 318 g/mol. The maximum absolute atomic E-state index is 5.30. The maximum Gasteiger partial charge on any atom is 0.138 e. The van der Waals surface area contributed by atoms with Gasteiger partial charge in [-0.1, -0.05) is 5.16 Å². The highest BCUT2D eigenvalue weighted by Crippen LogP contribution is 2.32. The largest absolute Gasteiger partial charge is 0.361 e. The number of piperidine rings is 1. The summed E-state index contributed by atoms with van der Waals surface area (Å²) >= 11 is 1.77. The predicted molar refractivity (Wildman–Crippen MR) is 85.7 cm³/mol. The van der Waals surface area contributed by atoms with E-state index >= 15 is 0 Å². The summed E-state index contributed by atoms with van der Waals surface area (Å²) in [5, 5.41) is 7.39. The molecule has 2 aliphatic rings. The number of hydrogen-bond donors (Lipinski definition) is 0. The lowest BCUT2D eigenvalue weighted by Gasteiger charge is -2.32. The average molecular weight is 318 g/mol. The van der Waals surface area contributed by atoms with E-state index in [0.29, 0.717) is 6.04 Å². The maximum atomic E-state index is 5.30. The molecule has 6 heteroatoms. The number of likely N-dealkylation sites (tertiary alicyclic amines) is 2. The van der Waals surface area contributed by atoms with E-state index in [0.717, 1.165) is 37.0 Å². The second-order valence-electron chi connectivity index (χ2n) is 6.61. The molecule has 4 heterocycles. The molecule has 2 bridgehead atoms. The molecule has 0 aliphatic carbocycles. The predicted octanol–water partition coefficient (Wildman–Crippen LogP) is 2.45. The van der Waals surface area contributed by atoms with Crippen molar-refractivity contribution in [2.45, 2.75) is 39.4 Å². The molecule has 2 fully saturated rings. The number of nitrogens with zero attached hydrogens (tertiary/aromatic N) is 4. The number of hydrogen-bond acceptors (Lipinski definition) is 6. The van der Waals surface area contributed by atoms with Crippen LogP contribution in [-0.4, -0.2) is 45.6 Å². The van der Waals surface area contributed by atoms with Gasteiger partial charge in [0.05, 0.1) is 12.2 Å². The van der Waals surface area contributed by atoms with E-state index < -0.39 is 0 Å². The molecule has 2 aromatic heterocycles. The van der Waals surface area contributed by atoms with Crippen LogP contribution in [0.5, 0.6) is 0 Å². The van der Waals surface area contributed by atoms with Crippen LogP contribution in [0.3, 0.4) is 0 Å². The van der Waals surface area contributed by atoms with E-state index in [9.17, 15) is 0 Å². The third kappa shape index (κ3) is 2.71. The smallest absolute Gasteiger partial charge is 0.138 e. The summed E-state index contributed by atoms with van der Waals surface area (Å²) in [6.45, 7) is 9.59. The summed E-state index contributed by atoms with van der Waals surface area (Å²) in [5.41, 5.74) is 2.31. The first-order chi connectivity index (χ1) is 10.7. The van der Waals surface area contributed by atoms with Crippen LogP contribution in [0.25, 0.3) is 0 Å². The highest BCUT2D eigenvalue weighted by atomic mass is 32.1. The van der Waals surface area contributed by atoms with Gasteiger partial charge in [-0.2, -0.15) is 0 Å². The summed E-state index contributed by atoms with van der Waals surface area (Å²) in [5.74, 6) is 1.76. The Morgan fingerprint density at radius 3 is 2.91 bits per heavy atom. The van der Waals surface area contributed by atoms with Gasteiger partial charge in [0.1, 0.15) is 10.8 Å². The van der Waals surface area contributed by atoms with Crippen LogP contribution in [0, 0.1) is 19.8 Å². The van der Waals surface area contributed by atoms with Crippen LogP contribution in [0.15, 0.2) is 16.1 Å². The number of fused-ring (bicyclic) bond motifs is 2. The van der Waals surface area contributed by atoms with Gasteiger partial charge in [0.15, 0.2) is 0 Å². The van der Waals surface area contributed by atoms with Crippen LogP contribution >= 0.6 is 11.3 Å². The second kappa shape index (κ2) is 5.76. The molecule has 0 aromatic carbocycles. The Morgan fingerprint density at radius 2 is 2.18 bits per heavy atom. The Hall–Kier alpha value is -1.24. The number of aromatic nitrogens is 2. The van der Waals surface area contributed by atoms with E-state index in [1.165, 1.54) is 30.1 Å². The van der Waals surface area contributed by atoms with Gasteiger partial charge in [0.2, 0.25) is 0 Å². The van der Waals surface area contributed by atoms with Crippen LogP contribution in [0.4, 0.5) is 0 Å². The van der Waals surface area contributed by atoms with Crippen molar-refractivity contribution >= 4 is 11.3 Å². The Morgan fingerprint density at radius 1 is 1.27 bits per heavy atom. The molecule has 2 atom stereocenters. The van der Waals surface area contributed by atoms with Gasteiger partial charge in [-0.25, -0.2) is 4.98 Å². The fraction of sp³-hybridized carbons (Fsp3) is 0.625. The number of aryl methyl sites for hydroxylation is 2. The summed E-state index contributed by atoms with van der Waals surface area (Å²) in [4.78, 5) is 9.64. The third-order valence-corrected chi connectivity index (χ3v) is 5.75. The minimum Gasteiger partial charge on any atom is -0.361 e. The van der Waals surface area contributed by atoms with Crippen molar-refractivity contribution in [3.8, 4) is 0 Å². The molecular weight excluding hydrogens is 296 g/mol. The van der Waals surface area contributed by atoms with E-state index in [1.807, 2.05) is 20.0 Å². The lowest BCUT2D eigenvalue weighted by atomic mass is 9.99. The van der Waals surface area contributed by atoms with Gasteiger partial charge < -0.3 is 4.52 Å². The van der Waals surface area contributed by atoms with Gasteiger partial charge in [0, 0.05) is 49.4 Å². The first-order valence-corrected chi connectivity index (χ1v) is 8.83. The molecule has 0 spiro atoms. The van der Waals surface area contributed by atoms with Gasteiger partial charge in [-0.15, -0.1) is 11.3 Å². The van der Waals surface area contributed by atoms with Gasteiger partial charge >= 0.3 is 0 Å². The zero-order valence-electron chi connectivity index (χ0n) is 13.2. The van der Waals surface area contributed by atoms with Crippen molar-refractivity contribution in [1.82, 2.24) is 19.9 Å². The van der Waals surface area contributed by atoms with Crippen molar-refractivity contribution in [1.29, 1.82) is 0 Å². The average Bonchev–Trinajstić information content (AvgIpc) is 3.18. The van der Waals surface area contributed by atoms with E-state index in [1.54, 1.807) is 11.3 Å². The standard InChI is InChI=1S/C16H22N4OS/c1-11-15(12(2)21-18-11)9-19-6-13-5-14(8-19)20(7-13)10-16-17-3-4-22-16/h3-4,13-14H,5-10H2,1-2H3/t13-,14+/m1/s1. The molecular formula is C16H22N4OS. The van der Waals surface area contributed by atoms with E-state index in [4.69, 9.17) is 4.52 Å². The normalized spacial score (nSPS) is 25.9. The molecule has 5 nitrogen and oxygen atoms in total. The van der Waals surface area contributed by atoms with Crippen LogP contribution in [0.2, 0.25) is 0 Å². The zero-order valence-corrected chi connectivity index (χ0v) is 14.0. The SMILES string of the molecule is Cc1noc(C)c1CN1C[C@H]2C[C@@H](C1)N(Cc1nccs1)C2. The molecule has 4 rings (SSSR count). The minimum atomic E-state index is 0.670. The molecule has 0 radical (unpaired) electrons. The molecule has 2 aliphatic heterocycles. The fourth-order valence-corrected chi connectivity index (χ4v) is 4.57. The highest BCUT2D eigenvalue weighted by Gasteiger charge is 2.38. The van der Waals surface area contributed by atoms with Crippen LogP contribution < -0.4 is 0 Å². The quantitative estimate of drug-likeness (QED) is 0.866. The Balaban J connectivity index is 1.42. The van der Waals surface area contributed by atoms with Gasteiger partial charge in [-0.05, 0) is 26.2 Å². The van der Waals surface area contributed by atoms with E-state index in [2.05, 4.69) is 25.3 Å². The fourth-order valence-electron chi connectivity index (χ4n) is 3.93. The number of rotatable bonds is 4. The first-order valence-electron chi connectivity index (χ1n) is 7.95. The molecule has 0 saturated carbocycles. The molecule has 0 N–H and O–H groups in total. The summed E-state index contributed by atoms with van der Waals surface area (Å²) in [6, 6.07) is 0.670. The summed E-state index contributed by atoms with van der Waals surface area (Å²) in [6.07, 6.45) is 3.25. The molecule has 2 saturated heterocycles. The molecule has 22 heavy (non-hydrogen) atoms. The molecule has 0 amide bonds. The van der Waals surface area contributed by atoms with Crippen molar-refractivity contribution < 1.29 is 4.52 Å². The second-order valence-corrected chi connectivity index (χ2v) is 7.59. The Bertz CT molecular complexity index is 619. The lowest BCUT2D eigenvalue weighted by molar-refractivity contribution is 0.152. The Labute approximate surface area is 134 Å². The topological polar surface area (TPSA) is 45.4 Å². The van der Waals surface area contributed by atoms with Crippen molar-refractivity contribution in [3.05, 3.63) is 33.6 Å². The Kier molecular flexibility index (Phi) is 3.76. The molecule has 2 aromatic rings. The third-order valence-electron chi connectivity index (χ3n) is 4.98. The molecule has 118 valence electrons. The minimum absolute atomic E-state index is 0.670. The van der Waals surface area contributed by atoms with Crippen molar-refractivity contribution in [2.24, 2.45) is 5.92 Å². The first kappa shape index (κ1) is 14.4. The van der Waals surface area contributed by atoms with E-state index in [-0.39, 0.29) is 0 Å².